The Morgan fingerprint density at radius 1 is 1.18 bits per heavy atom. The molecule has 6 atom stereocenters. The number of aromatic nitrogens is 3. The summed E-state index contributed by atoms with van der Waals surface area (Å²) < 4.78 is 51.7. The standard InChI is InChI=1S/C12H15N4O14P3/c13-4-12(8-2-1-6-11(19)14-5-15-16(6)8)10(18)9(17)7(28-12)3-27-32(23,24)30-33(25,26)29-31(20,21)22/h1-2,5,7,9-10,17-18H,3H2,(H,23,24)(H,25,26)(H,14,15,19)(H2,20,21,22)/t7-,9-,10-,12+/m1/s1. The topological polar surface area (TPSA) is 283 Å². The van der Waals surface area contributed by atoms with E-state index < -0.39 is 59.5 Å². The van der Waals surface area contributed by atoms with Crippen molar-refractivity contribution >= 4 is 29.0 Å². The number of rotatable bonds is 8. The first-order valence-corrected chi connectivity index (χ1v) is 12.9. The molecule has 33 heavy (non-hydrogen) atoms. The number of aliphatic hydroxyl groups is 2. The van der Waals surface area contributed by atoms with Crippen molar-refractivity contribution in [2.45, 2.75) is 23.9 Å². The minimum atomic E-state index is -5.78. The Morgan fingerprint density at radius 3 is 2.45 bits per heavy atom. The van der Waals surface area contributed by atoms with Crippen LogP contribution in [-0.2, 0) is 37.2 Å². The molecule has 1 saturated heterocycles. The summed E-state index contributed by atoms with van der Waals surface area (Å²) in [5, 5.41) is 34.3. The van der Waals surface area contributed by atoms with Gasteiger partial charge >= 0.3 is 23.5 Å². The van der Waals surface area contributed by atoms with Gasteiger partial charge in [0.25, 0.3) is 5.56 Å². The molecule has 2 aromatic rings. The Balaban J connectivity index is 1.81. The number of ether oxygens (including phenoxy) is 1. The van der Waals surface area contributed by atoms with E-state index in [4.69, 9.17) is 19.4 Å². The second-order valence-corrected chi connectivity index (χ2v) is 10.9. The molecule has 2 unspecified atom stereocenters. The van der Waals surface area contributed by atoms with E-state index in [2.05, 4.69) is 23.2 Å². The molecule has 3 rings (SSSR count). The second-order valence-electron chi connectivity index (χ2n) is 6.46. The quantitative estimate of drug-likeness (QED) is 0.185. The largest absolute Gasteiger partial charge is 0.490 e. The van der Waals surface area contributed by atoms with Crippen LogP contribution in [0.3, 0.4) is 0 Å². The summed E-state index contributed by atoms with van der Waals surface area (Å²) in [6, 6.07) is 4.11. The lowest BCUT2D eigenvalue weighted by Gasteiger charge is -2.24. The molecule has 7 N–H and O–H groups in total. The van der Waals surface area contributed by atoms with Crippen molar-refractivity contribution in [1.82, 2.24) is 14.6 Å². The zero-order valence-electron chi connectivity index (χ0n) is 15.8. The van der Waals surface area contributed by atoms with Gasteiger partial charge in [-0.05, 0) is 12.1 Å². The normalized spacial score (nSPS) is 29.4. The summed E-state index contributed by atoms with van der Waals surface area (Å²) in [5.74, 6) is 0. The lowest BCUT2D eigenvalue weighted by Crippen LogP contribution is -2.41. The van der Waals surface area contributed by atoms with E-state index >= 15 is 0 Å². The first kappa shape index (κ1) is 25.8. The highest BCUT2D eigenvalue weighted by Crippen LogP contribution is 2.66. The van der Waals surface area contributed by atoms with Crippen LogP contribution < -0.4 is 5.56 Å². The van der Waals surface area contributed by atoms with Gasteiger partial charge in [0.1, 0.15) is 36.2 Å². The monoisotopic (exact) mass is 532 g/mol. The lowest BCUT2D eigenvalue weighted by atomic mass is 9.92. The Morgan fingerprint density at radius 2 is 1.85 bits per heavy atom. The van der Waals surface area contributed by atoms with Crippen LogP contribution in [-0.4, -0.2) is 69.3 Å². The third-order valence-corrected chi connectivity index (χ3v) is 8.08. The molecular formula is C12H15N4O14P3. The van der Waals surface area contributed by atoms with Gasteiger partial charge in [0.05, 0.1) is 12.3 Å². The van der Waals surface area contributed by atoms with Crippen molar-refractivity contribution in [2.24, 2.45) is 0 Å². The minimum Gasteiger partial charge on any atom is -0.387 e. The van der Waals surface area contributed by atoms with E-state index in [9.17, 15) is 38.9 Å². The zero-order chi connectivity index (χ0) is 24.8. The molecule has 0 radical (unpaired) electrons. The maximum absolute atomic E-state index is 11.9. The molecule has 1 aliphatic rings. The van der Waals surface area contributed by atoms with E-state index in [0.717, 1.165) is 10.8 Å². The number of hydrogen-bond acceptors (Lipinski definition) is 12. The van der Waals surface area contributed by atoms with Crippen molar-refractivity contribution in [3.8, 4) is 6.07 Å². The zero-order valence-corrected chi connectivity index (χ0v) is 18.5. The first-order valence-electron chi connectivity index (χ1n) is 8.40. The summed E-state index contributed by atoms with van der Waals surface area (Å²) in [7, 11) is -16.9. The van der Waals surface area contributed by atoms with Gasteiger partial charge < -0.3 is 39.5 Å². The van der Waals surface area contributed by atoms with Crippen LogP contribution in [0.15, 0.2) is 23.3 Å². The van der Waals surface area contributed by atoms with E-state index in [1.54, 1.807) is 6.07 Å². The first-order chi connectivity index (χ1) is 15.1. The van der Waals surface area contributed by atoms with Crippen molar-refractivity contribution < 1.29 is 61.4 Å². The fourth-order valence-corrected chi connectivity index (χ4v) is 6.04. The molecule has 0 saturated carbocycles. The van der Waals surface area contributed by atoms with Crippen LogP contribution in [0.5, 0.6) is 0 Å². The SMILES string of the molecule is N#C[C@@]1(c2ccc3c(=O)[nH]cnn23)O[C@H](COP(=O)(O)OP(=O)(O)OP(=O)(O)O)[C@@H](O)[C@H]1O. The van der Waals surface area contributed by atoms with Crippen LogP contribution in [0.4, 0.5) is 0 Å². The average Bonchev–Trinajstić information content (AvgIpc) is 3.20. The van der Waals surface area contributed by atoms with Crippen molar-refractivity contribution in [2.75, 3.05) is 6.61 Å². The number of nitrogens with zero attached hydrogens (tertiary/aromatic N) is 3. The van der Waals surface area contributed by atoms with Gasteiger partial charge in [-0.2, -0.15) is 19.0 Å². The fourth-order valence-electron chi connectivity index (χ4n) is 3.01. The van der Waals surface area contributed by atoms with E-state index in [1.807, 2.05) is 0 Å². The third kappa shape index (κ3) is 5.32. The van der Waals surface area contributed by atoms with Crippen molar-refractivity contribution in [3.05, 3.63) is 34.5 Å². The summed E-state index contributed by atoms with van der Waals surface area (Å²) in [5.41, 5.74) is -3.15. The van der Waals surface area contributed by atoms with Gasteiger partial charge in [-0.1, -0.05) is 0 Å². The van der Waals surface area contributed by atoms with Crippen molar-refractivity contribution in [3.63, 3.8) is 0 Å². The smallest absolute Gasteiger partial charge is 0.387 e. The number of hydrogen-bond donors (Lipinski definition) is 7. The highest BCUT2D eigenvalue weighted by atomic mass is 31.3. The number of phosphoric acid groups is 3. The Labute approximate surface area is 182 Å². The molecular weight excluding hydrogens is 517 g/mol. The summed E-state index contributed by atoms with van der Waals surface area (Å²) in [6.45, 7) is -1.12. The summed E-state index contributed by atoms with van der Waals surface area (Å²) in [4.78, 5) is 49.9. The Kier molecular flexibility index (Phi) is 6.86. The predicted octanol–water partition coefficient (Wildman–Crippen LogP) is -1.79. The lowest BCUT2D eigenvalue weighted by molar-refractivity contribution is -0.0634. The molecule has 2 aromatic heterocycles. The molecule has 21 heteroatoms. The minimum absolute atomic E-state index is 0.0378. The van der Waals surface area contributed by atoms with Gasteiger partial charge in [-0.25, -0.2) is 18.2 Å². The molecule has 182 valence electrons. The van der Waals surface area contributed by atoms with E-state index in [0.29, 0.717) is 0 Å². The van der Waals surface area contributed by atoms with Crippen molar-refractivity contribution in [1.29, 1.82) is 5.26 Å². The third-order valence-electron chi connectivity index (χ3n) is 4.28. The molecule has 3 heterocycles. The number of aliphatic hydroxyl groups excluding tert-OH is 2. The number of fused-ring (bicyclic) bond motifs is 1. The van der Waals surface area contributed by atoms with E-state index in [1.165, 1.54) is 12.1 Å². The van der Waals surface area contributed by atoms with Gasteiger partial charge in [0.2, 0.25) is 5.60 Å². The maximum atomic E-state index is 11.9. The number of H-pyrrole nitrogens is 1. The van der Waals surface area contributed by atoms with Crippen LogP contribution in [0.2, 0.25) is 0 Å². The number of nitriles is 1. The van der Waals surface area contributed by atoms with Gasteiger partial charge in [0.15, 0.2) is 0 Å². The highest BCUT2D eigenvalue weighted by Gasteiger charge is 2.58. The van der Waals surface area contributed by atoms with Gasteiger partial charge in [-0.15, -0.1) is 0 Å². The molecule has 0 bridgehead atoms. The molecule has 1 aliphatic heterocycles. The van der Waals surface area contributed by atoms with Crippen LogP contribution >= 0.6 is 23.5 Å². The molecule has 18 nitrogen and oxygen atoms in total. The average molecular weight is 532 g/mol. The Bertz CT molecular complexity index is 1300. The van der Waals surface area contributed by atoms with Crippen LogP contribution in [0, 0.1) is 11.3 Å². The number of phosphoric ester groups is 1. The summed E-state index contributed by atoms with van der Waals surface area (Å²) >= 11 is 0. The Hall–Kier alpha value is -1.80. The molecule has 0 aliphatic carbocycles. The highest BCUT2D eigenvalue weighted by molar-refractivity contribution is 7.66. The maximum Gasteiger partial charge on any atom is 0.490 e. The van der Waals surface area contributed by atoms with Gasteiger partial charge in [-0.3, -0.25) is 9.32 Å². The summed E-state index contributed by atoms with van der Waals surface area (Å²) in [6.07, 6.45) is -4.63. The predicted molar refractivity (Wildman–Crippen MR) is 99.8 cm³/mol. The molecule has 0 amide bonds. The van der Waals surface area contributed by atoms with Crippen LogP contribution in [0.25, 0.3) is 5.52 Å². The van der Waals surface area contributed by atoms with E-state index in [-0.39, 0.29) is 11.2 Å². The number of aromatic amines is 1. The van der Waals surface area contributed by atoms with Gasteiger partial charge in [0, 0.05) is 0 Å². The number of nitrogens with one attached hydrogen (secondary N) is 1. The fraction of sp³-hybridized carbons (Fsp3) is 0.417. The molecule has 0 spiro atoms. The molecule has 1 fully saturated rings. The molecule has 0 aromatic carbocycles. The van der Waals surface area contributed by atoms with Crippen LogP contribution in [0.1, 0.15) is 5.69 Å². The second kappa shape index (κ2) is 8.77.